The van der Waals surface area contributed by atoms with Crippen LogP contribution in [0.1, 0.15) is 17.6 Å². The number of carbonyl (C=O) groups excluding carboxylic acids is 1. The fourth-order valence-electron chi connectivity index (χ4n) is 1.04. The number of ether oxygens (including phenoxy) is 1. The zero-order valence-corrected chi connectivity index (χ0v) is 8.67. The lowest BCUT2D eigenvalue weighted by Gasteiger charge is -1.97. The van der Waals surface area contributed by atoms with Gasteiger partial charge in [-0.15, -0.1) is 0 Å². The highest BCUT2D eigenvalue weighted by molar-refractivity contribution is 5.89. The van der Waals surface area contributed by atoms with E-state index in [1.807, 2.05) is 0 Å². The molecule has 16 heavy (non-hydrogen) atoms. The summed E-state index contributed by atoms with van der Waals surface area (Å²) in [7, 11) is 1.49. The van der Waals surface area contributed by atoms with E-state index in [0.29, 0.717) is 11.6 Å². The Hall–Kier alpha value is -2.31. The molecule has 2 rings (SSSR count). The molecule has 7 nitrogen and oxygen atoms in total. The first-order chi connectivity index (χ1) is 7.70. The molecule has 82 valence electrons. The molecule has 0 unspecified atom stereocenters. The number of methoxy groups -OCH3 is 1. The Morgan fingerprint density at radius 3 is 2.88 bits per heavy atom. The molecule has 0 aliphatic carbocycles. The number of carbonyl (C=O) groups is 1. The first-order valence-electron chi connectivity index (χ1n) is 4.41. The minimum Gasteiger partial charge on any atom is -0.481 e. The van der Waals surface area contributed by atoms with E-state index in [0.717, 1.165) is 0 Å². The largest absolute Gasteiger partial charge is 0.481 e. The van der Waals surface area contributed by atoms with Crippen LogP contribution in [0.25, 0.3) is 11.5 Å². The van der Waals surface area contributed by atoms with Crippen LogP contribution in [-0.2, 0) is 0 Å². The van der Waals surface area contributed by atoms with Crippen molar-refractivity contribution >= 4 is 5.78 Å². The monoisotopic (exact) mass is 220 g/mol. The van der Waals surface area contributed by atoms with Crippen LogP contribution in [0.4, 0.5) is 0 Å². The zero-order chi connectivity index (χ0) is 11.5. The number of aromatic nitrogens is 4. The minimum absolute atomic E-state index is 0.0485. The fourth-order valence-corrected chi connectivity index (χ4v) is 1.04. The highest BCUT2D eigenvalue weighted by atomic mass is 16.5. The van der Waals surface area contributed by atoms with Gasteiger partial charge in [0.2, 0.25) is 17.5 Å². The summed E-state index contributed by atoms with van der Waals surface area (Å²) in [6.45, 7) is 1.35. The van der Waals surface area contributed by atoms with E-state index in [1.54, 1.807) is 6.07 Å². The number of rotatable bonds is 3. The van der Waals surface area contributed by atoms with Gasteiger partial charge in [0.15, 0.2) is 0 Å². The smallest absolute Gasteiger partial charge is 0.294 e. The third-order valence-electron chi connectivity index (χ3n) is 1.81. The molecular formula is C9H8N4O3. The van der Waals surface area contributed by atoms with Crippen LogP contribution < -0.4 is 4.74 Å². The molecule has 2 aromatic rings. The van der Waals surface area contributed by atoms with E-state index in [1.165, 1.54) is 20.4 Å². The van der Waals surface area contributed by atoms with Gasteiger partial charge in [-0.25, -0.2) is 9.97 Å². The number of hydrogen-bond acceptors (Lipinski definition) is 7. The minimum atomic E-state index is -0.292. The predicted molar refractivity (Wildman–Crippen MR) is 51.9 cm³/mol. The van der Waals surface area contributed by atoms with Crippen molar-refractivity contribution in [1.82, 2.24) is 20.1 Å². The molecule has 0 amide bonds. The van der Waals surface area contributed by atoms with Gasteiger partial charge in [-0.2, -0.15) is 4.98 Å². The van der Waals surface area contributed by atoms with Gasteiger partial charge in [0.1, 0.15) is 12.0 Å². The van der Waals surface area contributed by atoms with Crippen molar-refractivity contribution in [1.29, 1.82) is 0 Å². The van der Waals surface area contributed by atoms with E-state index in [4.69, 9.17) is 9.26 Å². The second-order valence-electron chi connectivity index (χ2n) is 2.92. The molecular weight excluding hydrogens is 212 g/mol. The molecule has 0 saturated carbocycles. The maximum absolute atomic E-state index is 11.0. The van der Waals surface area contributed by atoms with Gasteiger partial charge >= 0.3 is 0 Å². The van der Waals surface area contributed by atoms with E-state index < -0.39 is 0 Å². The predicted octanol–water partition coefficient (Wildman–Crippen LogP) is 0.738. The van der Waals surface area contributed by atoms with Crippen LogP contribution >= 0.6 is 0 Å². The van der Waals surface area contributed by atoms with Gasteiger partial charge in [0.05, 0.1) is 7.11 Å². The van der Waals surface area contributed by atoms with E-state index in [2.05, 4.69) is 20.1 Å². The number of hydrogen-bond donors (Lipinski definition) is 0. The van der Waals surface area contributed by atoms with Crippen molar-refractivity contribution in [2.75, 3.05) is 7.11 Å². The Kier molecular flexibility index (Phi) is 2.59. The number of nitrogens with zero attached hydrogens (tertiary/aromatic N) is 4. The van der Waals surface area contributed by atoms with E-state index >= 15 is 0 Å². The molecule has 0 aromatic carbocycles. The van der Waals surface area contributed by atoms with Crippen molar-refractivity contribution in [2.45, 2.75) is 6.92 Å². The van der Waals surface area contributed by atoms with E-state index in [9.17, 15) is 4.79 Å². The van der Waals surface area contributed by atoms with Crippen LogP contribution in [0.3, 0.4) is 0 Å². The lowest BCUT2D eigenvalue weighted by atomic mass is 10.4. The summed E-state index contributed by atoms with van der Waals surface area (Å²) < 4.78 is 9.67. The van der Waals surface area contributed by atoms with Crippen molar-refractivity contribution in [3.8, 4) is 17.4 Å². The Labute approximate surface area is 90.5 Å². The number of Topliss-reactive ketones (excluding diaryl/α,β-unsaturated/α-hetero) is 1. The molecule has 2 aromatic heterocycles. The third-order valence-corrected chi connectivity index (χ3v) is 1.81. The molecule has 0 bridgehead atoms. The third kappa shape index (κ3) is 1.88. The lowest BCUT2D eigenvalue weighted by molar-refractivity contribution is 0.0972. The molecule has 7 heteroatoms. The van der Waals surface area contributed by atoms with Crippen LogP contribution in [0.15, 0.2) is 16.9 Å². The van der Waals surface area contributed by atoms with Crippen LogP contribution in [0.2, 0.25) is 0 Å². The van der Waals surface area contributed by atoms with Gasteiger partial charge in [-0.05, 0) is 0 Å². The molecule has 0 aliphatic heterocycles. The highest BCUT2D eigenvalue weighted by Crippen LogP contribution is 2.16. The molecule has 0 aliphatic rings. The van der Waals surface area contributed by atoms with Crippen LogP contribution in [-0.4, -0.2) is 33.0 Å². The summed E-state index contributed by atoms with van der Waals surface area (Å²) in [6, 6.07) is 1.55. The summed E-state index contributed by atoms with van der Waals surface area (Å²) in [4.78, 5) is 22.6. The zero-order valence-electron chi connectivity index (χ0n) is 8.67. The summed E-state index contributed by atoms with van der Waals surface area (Å²) >= 11 is 0. The quantitative estimate of drug-likeness (QED) is 0.704. The fraction of sp³-hybridized carbons (Fsp3) is 0.222. The SMILES string of the molecule is COc1cc(-c2noc(C(C)=O)n2)ncn1. The molecule has 0 radical (unpaired) electrons. The average Bonchev–Trinajstić information content (AvgIpc) is 2.78. The maximum Gasteiger partial charge on any atom is 0.294 e. The second kappa shape index (κ2) is 4.05. The maximum atomic E-state index is 11.0. The average molecular weight is 220 g/mol. The highest BCUT2D eigenvalue weighted by Gasteiger charge is 2.13. The second-order valence-corrected chi connectivity index (χ2v) is 2.92. The molecule has 0 saturated heterocycles. The first kappa shape index (κ1) is 10.2. The summed E-state index contributed by atoms with van der Waals surface area (Å²) in [5, 5.41) is 3.63. The summed E-state index contributed by atoms with van der Waals surface area (Å²) in [6.07, 6.45) is 1.32. The summed E-state index contributed by atoms with van der Waals surface area (Å²) in [5.74, 6) is 0.275. The topological polar surface area (TPSA) is 91.0 Å². The van der Waals surface area contributed by atoms with Gasteiger partial charge in [-0.3, -0.25) is 4.79 Å². The van der Waals surface area contributed by atoms with Crippen molar-refractivity contribution in [3.63, 3.8) is 0 Å². The Bertz CT molecular complexity index is 523. The molecule has 0 spiro atoms. The van der Waals surface area contributed by atoms with E-state index in [-0.39, 0.29) is 17.5 Å². The molecule has 0 fully saturated rings. The standard InChI is InChI=1S/C9H8N4O3/c1-5(14)9-12-8(13-16-9)6-3-7(15-2)11-4-10-6/h3-4H,1-2H3. The van der Waals surface area contributed by atoms with Crippen molar-refractivity contribution in [3.05, 3.63) is 18.3 Å². The molecule has 0 N–H and O–H groups in total. The van der Waals surface area contributed by atoms with Crippen LogP contribution in [0.5, 0.6) is 5.88 Å². The Balaban J connectivity index is 2.38. The Morgan fingerprint density at radius 1 is 1.44 bits per heavy atom. The van der Waals surface area contributed by atoms with Gasteiger partial charge < -0.3 is 9.26 Å². The number of ketones is 1. The van der Waals surface area contributed by atoms with Crippen molar-refractivity contribution in [2.24, 2.45) is 0 Å². The normalized spacial score (nSPS) is 10.1. The summed E-state index contributed by atoms with van der Waals surface area (Å²) in [5.41, 5.74) is 0.433. The lowest BCUT2D eigenvalue weighted by Crippen LogP contribution is -1.93. The van der Waals surface area contributed by atoms with Crippen LogP contribution in [0, 0.1) is 0 Å². The Morgan fingerprint density at radius 2 is 2.25 bits per heavy atom. The van der Waals surface area contributed by atoms with Crippen molar-refractivity contribution < 1.29 is 14.1 Å². The molecule has 0 atom stereocenters. The van der Waals surface area contributed by atoms with Gasteiger partial charge in [0, 0.05) is 13.0 Å². The van der Waals surface area contributed by atoms with Gasteiger partial charge in [0.25, 0.3) is 5.89 Å². The first-order valence-corrected chi connectivity index (χ1v) is 4.41. The molecule has 2 heterocycles. The van der Waals surface area contributed by atoms with Gasteiger partial charge in [-0.1, -0.05) is 5.16 Å².